The lowest BCUT2D eigenvalue weighted by Gasteiger charge is -2.22. The van der Waals surface area contributed by atoms with Gasteiger partial charge in [0, 0.05) is 19.8 Å². The van der Waals surface area contributed by atoms with Gasteiger partial charge in [-0.05, 0) is 19.9 Å². The molecule has 3 N–H and O–H groups in total. The SMILES string of the molecule is CNC(=O)C(C)(C)CNC(=O)c1ccncc1O. The predicted octanol–water partition coefficient (Wildman–Crippen LogP) is 0.289. The van der Waals surface area contributed by atoms with Crippen LogP contribution in [0, 0.1) is 5.41 Å². The van der Waals surface area contributed by atoms with Gasteiger partial charge in [-0.1, -0.05) is 0 Å². The molecule has 0 fully saturated rings. The van der Waals surface area contributed by atoms with E-state index in [2.05, 4.69) is 15.6 Å². The minimum Gasteiger partial charge on any atom is -0.505 e. The topological polar surface area (TPSA) is 91.3 Å². The fraction of sp³-hybridized carbons (Fsp3) is 0.417. The highest BCUT2D eigenvalue weighted by Crippen LogP contribution is 2.16. The van der Waals surface area contributed by atoms with Gasteiger partial charge in [0.25, 0.3) is 5.91 Å². The van der Waals surface area contributed by atoms with Crippen LogP contribution in [-0.4, -0.2) is 35.5 Å². The molecule has 0 radical (unpaired) electrons. The molecule has 1 heterocycles. The van der Waals surface area contributed by atoms with Crippen LogP contribution >= 0.6 is 0 Å². The summed E-state index contributed by atoms with van der Waals surface area (Å²) < 4.78 is 0. The first kappa shape index (κ1) is 14.0. The monoisotopic (exact) mass is 251 g/mol. The van der Waals surface area contributed by atoms with E-state index in [1.54, 1.807) is 20.9 Å². The van der Waals surface area contributed by atoms with Gasteiger partial charge in [0.2, 0.25) is 5.91 Å². The van der Waals surface area contributed by atoms with Gasteiger partial charge in [0.05, 0.1) is 17.2 Å². The third kappa shape index (κ3) is 3.19. The molecule has 1 rings (SSSR count). The lowest BCUT2D eigenvalue weighted by molar-refractivity contribution is -0.128. The van der Waals surface area contributed by atoms with Crippen LogP contribution in [0.5, 0.6) is 5.75 Å². The van der Waals surface area contributed by atoms with E-state index in [-0.39, 0.29) is 23.8 Å². The maximum absolute atomic E-state index is 11.8. The average molecular weight is 251 g/mol. The number of rotatable bonds is 4. The zero-order chi connectivity index (χ0) is 13.8. The van der Waals surface area contributed by atoms with Gasteiger partial charge < -0.3 is 15.7 Å². The first-order valence-corrected chi connectivity index (χ1v) is 5.52. The molecule has 6 nitrogen and oxygen atoms in total. The van der Waals surface area contributed by atoms with Crippen molar-refractivity contribution in [3.05, 3.63) is 24.0 Å². The van der Waals surface area contributed by atoms with E-state index in [9.17, 15) is 14.7 Å². The van der Waals surface area contributed by atoms with E-state index in [1.165, 1.54) is 18.5 Å². The Morgan fingerprint density at radius 3 is 2.67 bits per heavy atom. The molecule has 0 spiro atoms. The van der Waals surface area contributed by atoms with Crippen molar-refractivity contribution in [3.63, 3.8) is 0 Å². The van der Waals surface area contributed by atoms with Crippen molar-refractivity contribution in [2.24, 2.45) is 5.41 Å². The largest absolute Gasteiger partial charge is 0.505 e. The summed E-state index contributed by atoms with van der Waals surface area (Å²) in [6.45, 7) is 3.62. The quantitative estimate of drug-likeness (QED) is 0.717. The molecule has 1 aromatic rings. The molecule has 98 valence electrons. The Hall–Kier alpha value is -2.11. The van der Waals surface area contributed by atoms with Crippen LogP contribution in [0.2, 0.25) is 0 Å². The minimum absolute atomic E-state index is 0.137. The summed E-state index contributed by atoms with van der Waals surface area (Å²) in [5, 5.41) is 14.6. The molecule has 0 saturated carbocycles. The maximum atomic E-state index is 11.8. The summed E-state index contributed by atoms with van der Waals surface area (Å²) in [5.41, 5.74) is -0.578. The van der Waals surface area contributed by atoms with Crippen LogP contribution in [0.25, 0.3) is 0 Å². The number of hydrogen-bond acceptors (Lipinski definition) is 4. The van der Waals surface area contributed by atoms with Crippen molar-refractivity contribution in [2.75, 3.05) is 13.6 Å². The average Bonchev–Trinajstić information content (AvgIpc) is 2.35. The van der Waals surface area contributed by atoms with Gasteiger partial charge >= 0.3 is 0 Å². The Morgan fingerprint density at radius 1 is 1.44 bits per heavy atom. The summed E-state index contributed by atoms with van der Waals surface area (Å²) in [4.78, 5) is 27.0. The summed E-state index contributed by atoms with van der Waals surface area (Å²) in [6, 6.07) is 1.41. The Morgan fingerprint density at radius 2 is 2.11 bits per heavy atom. The van der Waals surface area contributed by atoms with Crippen LogP contribution in [0.4, 0.5) is 0 Å². The zero-order valence-corrected chi connectivity index (χ0v) is 10.7. The van der Waals surface area contributed by atoms with Crippen LogP contribution < -0.4 is 10.6 Å². The number of aromatic nitrogens is 1. The lowest BCUT2D eigenvalue weighted by atomic mass is 9.92. The molecule has 0 unspecified atom stereocenters. The Bertz CT molecular complexity index is 458. The number of nitrogens with zero attached hydrogens (tertiary/aromatic N) is 1. The number of carbonyl (C=O) groups is 2. The van der Waals surface area contributed by atoms with Crippen LogP contribution in [0.3, 0.4) is 0 Å². The second-order valence-corrected chi connectivity index (χ2v) is 4.54. The van der Waals surface area contributed by atoms with Gasteiger partial charge in [-0.15, -0.1) is 0 Å². The normalized spacial score (nSPS) is 10.8. The van der Waals surface area contributed by atoms with Gasteiger partial charge in [0.1, 0.15) is 5.75 Å². The van der Waals surface area contributed by atoms with Gasteiger partial charge in [-0.2, -0.15) is 0 Å². The molecule has 0 saturated heterocycles. The van der Waals surface area contributed by atoms with Crippen molar-refractivity contribution in [2.45, 2.75) is 13.8 Å². The number of hydrogen-bond donors (Lipinski definition) is 3. The van der Waals surface area contributed by atoms with E-state index in [0.717, 1.165) is 0 Å². The van der Waals surface area contributed by atoms with Crippen LogP contribution in [0.1, 0.15) is 24.2 Å². The van der Waals surface area contributed by atoms with Crippen LogP contribution in [-0.2, 0) is 4.79 Å². The van der Waals surface area contributed by atoms with E-state index in [1.807, 2.05) is 0 Å². The van der Waals surface area contributed by atoms with Gasteiger partial charge in [-0.3, -0.25) is 14.6 Å². The van der Waals surface area contributed by atoms with Crippen molar-refractivity contribution in [1.29, 1.82) is 0 Å². The molecule has 0 aliphatic rings. The van der Waals surface area contributed by atoms with E-state index >= 15 is 0 Å². The highest BCUT2D eigenvalue weighted by molar-refractivity contribution is 5.97. The van der Waals surface area contributed by atoms with Crippen molar-refractivity contribution in [1.82, 2.24) is 15.6 Å². The summed E-state index contributed by atoms with van der Waals surface area (Å²) in [7, 11) is 1.54. The molecule has 0 atom stereocenters. The second-order valence-electron chi connectivity index (χ2n) is 4.54. The van der Waals surface area contributed by atoms with E-state index in [4.69, 9.17) is 0 Å². The van der Waals surface area contributed by atoms with Gasteiger partial charge in [-0.25, -0.2) is 0 Å². The van der Waals surface area contributed by atoms with Crippen molar-refractivity contribution >= 4 is 11.8 Å². The molecule has 0 aliphatic heterocycles. The fourth-order valence-electron chi connectivity index (χ4n) is 1.39. The number of carbonyl (C=O) groups excluding carboxylic acids is 2. The maximum Gasteiger partial charge on any atom is 0.255 e. The van der Waals surface area contributed by atoms with Crippen LogP contribution in [0.15, 0.2) is 18.5 Å². The third-order valence-electron chi connectivity index (χ3n) is 2.58. The Balaban J connectivity index is 2.68. The molecule has 0 bridgehead atoms. The third-order valence-corrected chi connectivity index (χ3v) is 2.58. The molecule has 6 heteroatoms. The zero-order valence-electron chi connectivity index (χ0n) is 10.7. The Kier molecular flexibility index (Phi) is 4.25. The Labute approximate surface area is 105 Å². The van der Waals surface area contributed by atoms with Crippen molar-refractivity contribution in [3.8, 4) is 5.75 Å². The smallest absolute Gasteiger partial charge is 0.255 e. The number of aromatic hydroxyl groups is 1. The first-order chi connectivity index (χ1) is 8.38. The number of pyridine rings is 1. The van der Waals surface area contributed by atoms with Crippen molar-refractivity contribution < 1.29 is 14.7 Å². The van der Waals surface area contributed by atoms with Gasteiger partial charge in [0.15, 0.2) is 0 Å². The molecule has 18 heavy (non-hydrogen) atoms. The summed E-state index contributed by atoms with van der Waals surface area (Å²) in [6.07, 6.45) is 2.61. The number of amides is 2. The first-order valence-electron chi connectivity index (χ1n) is 5.52. The lowest BCUT2D eigenvalue weighted by Crippen LogP contribution is -2.43. The van der Waals surface area contributed by atoms with E-state index < -0.39 is 11.3 Å². The molecule has 0 aliphatic carbocycles. The minimum atomic E-state index is -0.715. The molecule has 2 amide bonds. The predicted molar refractivity (Wildman–Crippen MR) is 66.1 cm³/mol. The highest BCUT2D eigenvalue weighted by atomic mass is 16.3. The number of nitrogens with one attached hydrogen (secondary N) is 2. The van der Waals surface area contributed by atoms with E-state index in [0.29, 0.717) is 0 Å². The molecular formula is C12H17N3O3. The molecule has 0 aromatic carbocycles. The standard InChI is InChI=1S/C12H17N3O3/c1-12(2,11(18)13-3)7-15-10(17)8-4-5-14-6-9(8)16/h4-6,16H,7H2,1-3H3,(H,13,18)(H,15,17). The molecule has 1 aromatic heterocycles. The second kappa shape index (κ2) is 5.48. The fourth-order valence-corrected chi connectivity index (χ4v) is 1.39. The highest BCUT2D eigenvalue weighted by Gasteiger charge is 2.27. The summed E-state index contributed by atoms with van der Waals surface area (Å²) >= 11 is 0. The summed E-state index contributed by atoms with van der Waals surface area (Å²) in [5.74, 6) is -0.790. The molecular weight excluding hydrogens is 234 g/mol.